The van der Waals surface area contributed by atoms with Crippen molar-refractivity contribution < 1.29 is 0 Å². The van der Waals surface area contributed by atoms with Crippen LogP contribution >= 0.6 is 0 Å². The highest BCUT2D eigenvalue weighted by molar-refractivity contribution is 6.08. The fraction of sp³-hybridized carbons (Fsp3) is 0.231. The minimum absolute atomic E-state index is 0.997. The van der Waals surface area contributed by atoms with Gasteiger partial charge in [0.1, 0.15) is 0 Å². The third kappa shape index (κ3) is 2.99. The molecule has 0 atom stereocenters. The Hall–Kier alpha value is -2.68. The van der Waals surface area contributed by atoms with Crippen LogP contribution in [0, 0.1) is 0 Å². The number of nitrogens with zero attached hydrogens (tertiary/aromatic N) is 2. The molecule has 28 heavy (non-hydrogen) atoms. The van der Waals surface area contributed by atoms with Crippen LogP contribution in [-0.4, -0.2) is 37.0 Å². The molecule has 0 bridgehead atoms. The van der Waals surface area contributed by atoms with E-state index in [9.17, 15) is 0 Å². The predicted octanol–water partition coefficient (Wildman–Crippen LogP) is 5.54. The fourth-order valence-electron chi connectivity index (χ4n) is 4.52. The van der Waals surface area contributed by atoms with Crippen molar-refractivity contribution in [1.29, 1.82) is 0 Å². The van der Waals surface area contributed by atoms with Gasteiger partial charge in [-0.3, -0.25) is 4.90 Å². The first-order chi connectivity index (χ1) is 13.7. The lowest BCUT2D eigenvalue weighted by Crippen LogP contribution is -2.30. The summed E-state index contributed by atoms with van der Waals surface area (Å²) >= 11 is 0. The lowest BCUT2D eigenvalue weighted by molar-refractivity contribution is 0.228. The number of fused-ring (bicyclic) bond motifs is 7. The highest BCUT2D eigenvalue weighted by atomic mass is 15.2. The molecule has 0 fully saturated rings. The van der Waals surface area contributed by atoms with Crippen molar-refractivity contribution in [3.05, 3.63) is 83.9 Å². The molecule has 0 saturated carbocycles. The number of likely N-dealkylation sites (N-methyl/N-ethyl adjacent to an activating group) is 1. The van der Waals surface area contributed by atoms with Crippen LogP contribution in [0.3, 0.4) is 0 Å². The molecule has 0 aromatic heterocycles. The first kappa shape index (κ1) is 17.4. The second-order valence-corrected chi connectivity index (χ2v) is 8.16. The summed E-state index contributed by atoms with van der Waals surface area (Å²) in [6.07, 6.45) is 0. The van der Waals surface area contributed by atoms with Crippen molar-refractivity contribution in [2.45, 2.75) is 13.1 Å². The van der Waals surface area contributed by atoms with E-state index in [1.165, 1.54) is 43.8 Å². The second kappa shape index (κ2) is 7.05. The Morgan fingerprint density at radius 2 is 1.18 bits per heavy atom. The van der Waals surface area contributed by atoms with Gasteiger partial charge in [0.25, 0.3) is 0 Å². The van der Waals surface area contributed by atoms with Crippen molar-refractivity contribution in [3.63, 3.8) is 0 Å². The van der Waals surface area contributed by atoms with Gasteiger partial charge in [0.15, 0.2) is 0 Å². The summed E-state index contributed by atoms with van der Waals surface area (Å²) in [5.74, 6) is 0. The SMILES string of the molecule is CN(C)CCN1Cc2ccc3ccccc3c2-c2c(ccc3ccccc23)C1. The van der Waals surface area contributed by atoms with E-state index in [1.807, 2.05) is 0 Å². The monoisotopic (exact) mass is 366 g/mol. The number of hydrogen-bond donors (Lipinski definition) is 0. The van der Waals surface area contributed by atoms with Crippen LogP contribution in [0.15, 0.2) is 72.8 Å². The molecule has 5 rings (SSSR count). The van der Waals surface area contributed by atoms with E-state index in [4.69, 9.17) is 0 Å². The minimum atomic E-state index is 0.997. The second-order valence-electron chi connectivity index (χ2n) is 8.16. The van der Waals surface area contributed by atoms with Crippen LogP contribution in [0.2, 0.25) is 0 Å². The topological polar surface area (TPSA) is 6.48 Å². The molecule has 4 aromatic rings. The van der Waals surface area contributed by atoms with Gasteiger partial charge in [0.05, 0.1) is 0 Å². The average molecular weight is 367 g/mol. The summed E-state index contributed by atoms with van der Waals surface area (Å²) in [6, 6.07) is 26.9. The van der Waals surface area contributed by atoms with Crippen molar-refractivity contribution >= 4 is 21.5 Å². The van der Waals surface area contributed by atoms with Crippen LogP contribution < -0.4 is 0 Å². The van der Waals surface area contributed by atoms with E-state index in [0.29, 0.717) is 0 Å². The zero-order valence-electron chi connectivity index (χ0n) is 16.7. The van der Waals surface area contributed by atoms with Crippen LogP contribution in [0.1, 0.15) is 11.1 Å². The Kier molecular flexibility index (Phi) is 4.38. The molecule has 0 radical (unpaired) electrons. The molecular formula is C26H26N2. The molecule has 0 spiro atoms. The third-order valence-corrected chi connectivity index (χ3v) is 5.93. The van der Waals surface area contributed by atoms with E-state index in [-0.39, 0.29) is 0 Å². The van der Waals surface area contributed by atoms with Gasteiger partial charge in [-0.05, 0) is 57.9 Å². The van der Waals surface area contributed by atoms with Crippen LogP contribution in [0.25, 0.3) is 32.7 Å². The first-order valence-corrected chi connectivity index (χ1v) is 10.1. The molecule has 1 aliphatic rings. The highest BCUT2D eigenvalue weighted by Crippen LogP contribution is 2.41. The highest BCUT2D eigenvalue weighted by Gasteiger charge is 2.23. The Labute approximate surface area is 167 Å². The zero-order chi connectivity index (χ0) is 19.1. The van der Waals surface area contributed by atoms with Gasteiger partial charge in [-0.15, -0.1) is 0 Å². The van der Waals surface area contributed by atoms with Crippen LogP contribution in [-0.2, 0) is 13.1 Å². The van der Waals surface area contributed by atoms with Crippen molar-refractivity contribution in [3.8, 4) is 11.1 Å². The lowest BCUT2D eigenvalue weighted by Gasteiger charge is -2.23. The Bertz CT molecular complexity index is 1070. The molecule has 2 nitrogen and oxygen atoms in total. The molecule has 0 amide bonds. The molecule has 2 heteroatoms. The molecule has 1 heterocycles. The lowest BCUT2D eigenvalue weighted by atomic mass is 9.88. The summed E-state index contributed by atoms with van der Waals surface area (Å²) in [5.41, 5.74) is 5.73. The zero-order valence-corrected chi connectivity index (χ0v) is 16.7. The predicted molar refractivity (Wildman–Crippen MR) is 120 cm³/mol. The van der Waals surface area contributed by atoms with Gasteiger partial charge >= 0.3 is 0 Å². The number of benzene rings is 4. The quantitative estimate of drug-likeness (QED) is 0.470. The van der Waals surface area contributed by atoms with Gasteiger partial charge in [-0.25, -0.2) is 0 Å². The molecule has 0 unspecified atom stereocenters. The molecule has 0 saturated heterocycles. The summed E-state index contributed by atoms with van der Waals surface area (Å²) in [4.78, 5) is 4.86. The average Bonchev–Trinajstić information content (AvgIpc) is 2.89. The van der Waals surface area contributed by atoms with Gasteiger partial charge < -0.3 is 4.90 Å². The van der Waals surface area contributed by atoms with Crippen molar-refractivity contribution in [2.75, 3.05) is 27.2 Å². The largest absolute Gasteiger partial charge is 0.308 e. The maximum absolute atomic E-state index is 2.59. The molecule has 0 N–H and O–H groups in total. The van der Waals surface area contributed by atoms with E-state index >= 15 is 0 Å². The van der Waals surface area contributed by atoms with Gasteiger partial charge in [0, 0.05) is 26.2 Å². The van der Waals surface area contributed by atoms with E-state index in [0.717, 1.165) is 26.2 Å². The van der Waals surface area contributed by atoms with Crippen molar-refractivity contribution in [2.24, 2.45) is 0 Å². The summed E-state index contributed by atoms with van der Waals surface area (Å²) in [5, 5.41) is 5.38. The van der Waals surface area contributed by atoms with Crippen LogP contribution in [0.4, 0.5) is 0 Å². The Balaban J connectivity index is 1.80. The standard InChI is InChI=1S/C26H26N2/c1-27(2)15-16-28-17-21-13-11-19-7-3-5-9-23(19)25(21)26-22(18-28)14-12-20-8-4-6-10-24(20)26/h3-14H,15-18H2,1-2H3. The molecular weight excluding hydrogens is 340 g/mol. The van der Waals surface area contributed by atoms with Gasteiger partial charge in [-0.2, -0.15) is 0 Å². The molecule has 4 aromatic carbocycles. The van der Waals surface area contributed by atoms with Gasteiger partial charge in [-0.1, -0.05) is 72.8 Å². The third-order valence-electron chi connectivity index (χ3n) is 5.93. The minimum Gasteiger partial charge on any atom is -0.308 e. The van der Waals surface area contributed by atoms with E-state index < -0.39 is 0 Å². The number of rotatable bonds is 3. The number of hydrogen-bond acceptors (Lipinski definition) is 2. The van der Waals surface area contributed by atoms with Gasteiger partial charge in [0.2, 0.25) is 0 Å². The van der Waals surface area contributed by atoms with E-state index in [2.05, 4.69) is 96.7 Å². The molecule has 1 aliphatic heterocycles. The first-order valence-electron chi connectivity index (χ1n) is 10.1. The maximum atomic E-state index is 2.59. The van der Waals surface area contributed by atoms with E-state index in [1.54, 1.807) is 0 Å². The summed E-state index contributed by atoms with van der Waals surface area (Å²) in [6.45, 7) is 4.14. The molecule has 0 aliphatic carbocycles. The summed E-state index contributed by atoms with van der Waals surface area (Å²) in [7, 11) is 4.31. The van der Waals surface area contributed by atoms with Crippen molar-refractivity contribution in [1.82, 2.24) is 9.80 Å². The maximum Gasteiger partial charge on any atom is 0.0244 e. The normalized spacial score (nSPS) is 14.2. The fourth-order valence-corrected chi connectivity index (χ4v) is 4.52. The Morgan fingerprint density at radius 3 is 1.68 bits per heavy atom. The Morgan fingerprint density at radius 1 is 0.679 bits per heavy atom. The smallest absolute Gasteiger partial charge is 0.0244 e. The molecule has 140 valence electrons. The summed E-state index contributed by atoms with van der Waals surface area (Å²) < 4.78 is 0. The van der Waals surface area contributed by atoms with Crippen LogP contribution in [0.5, 0.6) is 0 Å².